The number of hydrogen-bond donors (Lipinski definition) is 1. The molecule has 94 valence electrons. The van der Waals surface area contributed by atoms with E-state index in [1.54, 1.807) is 6.07 Å². The van der Waals surface area contributed by atoms with Gasteiger partial charge in [-0.05, 0) is 49.8 Å². The third-order valence-electron chi connectivity index (χ3n) is 4.01. The summed E-state index contributed by atoms with van der Waals surface area (Å²) in [5.41, 5.74) is 1.60. The maximum absolute atomic E-state index is 6.21. The molecule has 2 atom stereocenters. The highest BCUT2D eigenvalue weighted by atomic mass is 35.5. The predicted octanol–water partition coefficient (Wildman–Crippen LogP) is 4.83. The minimum atomic E-state index is 0.257. The SMILES string of the molecule is CC(NC(C)C1(C)CC1)c1ccc(Cl)cc1Cl. The lowest BCUT2D eigenvalue weighted by atomic mass is 9.98. The Labute approximate surface area is 114 Å². The largest absolute Gasteiger partial charge is 0.307 e. The van der Waals surface area contributed by atoms with Gasteiger partial charge in [-0.15, -0.1) is 0 Å². The Morgan fingerprint density at radius 2 is 1.88 bits per heavy atom. The molecule has 0 aromatic heterocycles. The van der Waals surface area contributed by atoms with E-state index in [0.29, 0.717) is 16.5 Å². The van der Waals surface area contributed by atoms with E-state index in [1.807, 2.05) is 12.1 Å². The van der Waals surface area contributed by atoms with Crippen LogP contribution in [0, 0.1) is 5.41 Å². The topological polar surface area (TPSA) is 12.0 Å². The maximum Gasteiger partial charge on any atom is 0.0468 e. The van der Waals surface area contributed by atoms with Gasteiger partial charge in [0.1, 0.15) is 0 Å². The molecule has 0 amide bonds. The highest BCUT2D eigenvalue weighted by Gasteiger charge is 2.42. The molecule has 1 aromatic carbocycles. The van der Waals surface area contributed by atoms with Crippen molar-refractivity contribution in [3.05, 3.63) is 33.8 Å². The van der Waals surface area contributed by atoms with E-state index in [2.05, 4.69) is 26.1 Å². The first-order valence-corrected chi connectivity index (χ1v) is 6.89. The molecule has 2 rings (SSSR count). The van der Waals surface area contributed by atoms with Gasteiger partial charge in [0.15, 0.2) is 0 Å². The number of benzene rings is 1. The molecule has 0 saturated heterocycles. The normalized spacial score (nSPS) is 21.0. The molecule has 0 radical (unpaired) electrons. The average Bonchev–Trinajstić information content (AvgIpc) is 2.97. The predicted molar refractivity (Wildman–Crippen MR) is 74.8 cm³/mol. The van der Waals surface area contributed by atoms with Crippen LogP contribution in [0.2, 0.25) is 10.0 Å². The minimum Gasteiger partial charge on any atom is -0.307 e. The Bertz CT molecular complexity index is 413. The summed E-state index contributed by atoms with van der Waals surface area (Å²) in [6.07, 6.45) is 2.64. The molecule has 1 N–H and O–H groups in total. The lowest BCUT2D eigenvalue weighted by Gasteiger charge is -2.25. The number of halogens is 2. The monoisotopic (exact) mass is 271 g/mol. The first-order chi connectivity index (χ1) is 7.92. The summed E-state index contributed by atoms with van der Waals surface area (Å²) in [6.45, 7) is 6.74. The minimum absolute atomic E-state index is 0.257. The van der Waals surface area contributed by atoms with E-state index in [1.165, 1.54) is 12.8 Å². The zero-order valence-electron chi connectivity index (χ0n) is 10.6. The Kier molecular flexibility index (Phi) is 3.72. The summed E-state index contributed by atoms with van der Waals surface area (Å²) in [6, 6.07) is 6.48. The zero-order chi connectivity index (χ0) is 12.6. The van der Waals surface area contributed by atoms with Crippen molar-refractivity contribution in [3.63, 3.8) is 0 Å². The van der Waals surface area contributed by atoms with Crippen molar-refractivity contribution in [2.45, 2.75) is 45.7 Å². The van der Waals surface area contributed by atoms with Crippen LogP contribution in [-0.2, 0) is 0 Å². The van der Waals surface area contributed by atoms with Gasteiger partial charge in [0.05, 0.1) is 0 Å². The van der Waals surface area contributed by atoms with Crippen LogP contribution in [0.15, 0.2) is 18.2 Å². The van der Waals surface area contributed by atoms with Crippen LogP contribution in [0.25, 0.3) is 0 Å². The van der Waals surface area contributed by atoms with Gasteiger partial charge in [0.2, 0.25) is 0 Å². The number of rotatable bonds is 4. The van der Waals surface area contributed by atoms with Gasteiger partial charge in [0.25, 0.3) is 0 Å². The number of nitrogens with one attached hydrogen (secondary N) is 1. The van der Waals surface area contributed by atoms with Crippen molar-refractivity contribution in [2.24, 2.45) is 5.41 Å². The number of hydrogen-bond acceptors (Lipinski definition) is 1. The van der Waals surface area contributed by atoms with Crippen molar-refractivity contribution in [1.29, 1.82) is 0 Å². The van der Waals surface area contributed by atoms with Crippen LogP contribution in [-0.4, -0.2) is 6.04 Å². The van der Waals surface area contributed by atoms with Gasteiger partial charge in [-0.3, -0.25) is 0 Å². The summed E-state index contributed by atoms with van der Waals surface area (Å²) >= 11 is 12.1. The van der Waals surface area contributed by atoms with Crippen LogP contribution >= 0.6 is 23.2 Å². The third-order valence-corrected chi connectivity index (χ3v) is 4.58. The third kappa shape index (κ3) is 2.96. The maximum atomic E-state index is 6.21. The van der Waals surface area contributed by atoms with Crippen molar-refractivity contribution >= 4 is 23.2 Å². The Morgan fingerprint density at radius 1 is 1.24 bits per heavy atom. The molecule has 1 aliphatic rings. The molecule has 3 heteroatoms. The van der Waals surface area contributed by atoms with E-state index in [0.717, 1.165) is 10.6 Å². The van der Waals surface area contributed by atoms with E-state index in [-0.39, 0.29) is 6.04 Å². The summed E-state index contributed by atoms with van der Waals surface area (Å²) in [5, 5.41) is 5.06. The van der Waals surface area contributed by atoms with Gasteiger partial charge in [-0.2, -0.15) is 0 Å². The second-order valence-corrected chi connectivity index (χ2v) is 6.27. The van der Waals surface area contributed by atoms with Crippen molar-refractivity contribution in [3.8, 4) is 0 Å². The fourth-order valence-electron chi connectivity index (χ4n) is 2.15. The van der Waals surface area contributed by atoms with E-state index in [4.69, 9.17) is 23.2 Å². The van der Waals surface area contributed by atoms with Gasteiger partial charge < -0.3 is 5.32 Å². The zero-order valence-corrected chi connectivity index (χ0v) is 12.1. The first kappa shape index (κ1) is 13.2. The smallest absolute Gasteiger partial charge is 0.0468 e. The highest BCUT2D eigenvalue weighted by molar-refractivity contribution is 6.35. The molecule has 17 heavy (non-hydrogen) atoms. The van der Waals surface area contributed by atoms with Crippen molar-refractivity contribution < 1.29 is 0 Å². The highest BCUT2D eigenvalue weighted by Crippen LogP contribution is 2.48. The van der Waals surface area contributed by atoms with Crippen LogP contribution in [0.5, 0.6) is 0 Å². The van der Waals surface area contributed by atoms with Gasteiger partial charge >= 0.3 is 0 Å². The molecular weight excluding hydrogens is 253 g/mol. The fraction of sp³-hybridized carbons (Fsp3) is 0.571. The second kappa shape index (κ2) is 4.79. The quantitative estimate of drug-likeness (QED) is 0.827. The van der Waals surface area contributed by atoms with Gasteiger partial charge in [0, 0.05) is 22.1 Å². The van der Waals surface area contributed by atoms with Crippen LogP contribution < -0.4 is 5.32 Å². The van der Waals surface area contributed by atoms with E-state index < -0.39 is 0 Å². The Hall–Kier alpha value is -0.240. The van der Waals surface area contributed by atoms with Crippen molar-refractivity contribution in [2.75, 3.05) is 0 Å². The Balaban J connectivity index is 2.06. The van der Waals surface area contributed by atoms with Crippen molar-refractivity contribution in [1.82, 2.24) is 5.32 Å². The molecule has 1 aliphatic carbocycles. The molecule has 0 heterocycles. The van der Waals surface area contributed by atoms with Gasteiger partial charge in [-0.1, -0.05) is 36.2 Å². The lowest BCUT2D eigenvalue weighted by Crippen LogP contribution is -2.35. The molecule has 0 bridgehead atoms. The van der Waals surface area contributed by atoms with E-state index in [9.17, 15) is 0 Å². The summed E-state index contributed by atoms with van der Waals surface area (Å²) < 4.78 is 0. The van der Waals surface area contributed by atoms with Gasteiger partial charge in [-0.25, -0.2) is 0 Å². The molecule has 1 nitrogen and oxygen atoms in total. The molecule has 1 fully saturated rings. The fourth-order valence-corrected chi connectivity index (χ4v) is 2.72. The first-order valence-electron chi connectivity index (χ1n) is 6.13. The molecule has 0 spiro atoms. The summed E-state index contributed by atoms with van der Waals surface area (Å²) in [5.74, 6) is 0. The lowest BCUT2D eigenvalue weighted by molar-refractivity contribution is 0.350. The standard InChI is InChI=1S/C14H19Cl2N/c1-9(17-10(2)14(3)6-7-14)12-5-4-11(15)8-13(12)16/h4-5,8-10,17H,6-7H2,1-3H3. The molecular formula is C14H19Cl2N. The van der Waals surface area contributed by atoms with Crippen LogP contribution in [0.1, 0.15) is 45.2 Å². The average molecular weight is 272 g/mol. The molecule has 2 unspecified atom stereocenters. The second-order valence-electron chi connectivity index (χ2n) is 5.43. The molecule has 1 aromatic rings. The molecule has 1 saturated carbocycles. The Morgan fingerprint density at radius 3 is 2.41 bits per heavy atom. The summed E-state index contributed by atoms with van der Waals surface area (Å²) in [4.78, 5) is 0. The summed E-state index contributed by atoms with van der Waals surface area (Å²) in [7, 11) is 0. The van der Waals surface area contributed by atoms with Crippen LogP contribution in [0.3, 0.4) is 0 Å². The molecule has 0 aliphatic heterocycles. The van der Waals surface area contributed by atoms with Crippen LogP contribution in [0.4, 0.5) is 0 Å². The van der Waals surface area contributed by atoms with E-state index >= 15 is 0 Å².